The number of hydrogen-bond donors (Lipinski definition) is 2. The van der Waals surface area contributed by atoms with Gasteiger partial charge in [0.15, 0.2) is 0 Å². The molecule has 1 saturated heterocycles. The lowest BCUT2D eigenvalue weighted by Gasteiger charge is -2.38. The van der Waals surface area contributed by atoms with Crippen LogP contribution in [0.3, 0.4) is 0 Å². The third-order valence-corrected chi connectivity index (χ3v) is 3.32. The molecule has 5 heteroatoms. The predicted octanol–water partition coefficient (Wildman–Crippen LogP) is 0.453. The standard InChI is InChI=1S/C13H20N2O3/c1-3-7-14-13(18)10(2)15-8-5-4-6-11(15)9-12(16)17/h1,10-11H,4-9H2,2H3,(H,14,18)(H,16,17). The van der Waals surface area contributed by atoms with Gasteiger partial charge in [0.25, 0.3) is 0 Å². The normalized spacial score (nSPS) is 21.9. The number of rotatable bonds is 5. The second-order valence-corrected chi connectivity index (χ2v) is 4.58. The van der Waals surface area contributed by atoms with Gasteiger partial charge in [-0.3, -0.25) is 14.5 Å². The molecule has 0 spiro atoms. The summed E-state index contributed by atoms with van der Waals surface area (Å²) in [5, 5.41) is 11.5. The Bertz CT molecular complexity index is 349. The number of nitrogens with one attached hydrogen (secondary N) is 1. The first kappa shape index (κ1) is 14.5. The van der Waals surface area contributed by atoms with Crippen LogP contribution in [0.25, 0.3) is 0 Å². The van der Waals surface area contributed by atoms with Crippen molar-refractivity contribution in [2.75, 3.05) is 13.1 Å². The van der Waals surface area contributed by atoms with Gasteiger partial charge >= 0.3 is 5.97 Å². The molecule has 0 aromatic carbocycles. The molecule has 0 aromatic heterocycles. The summed E-state index contributed by atoms with van der Waals surface area (Å²) < 4.78 is 0. The monoisotopic (exact) mass is 252 g/mol. The van der Waals surface area contributed by atoms with E-state index in [1.807, 2.05) is 4.90 Å². The van der Waals surface area contributed by atoms with Gasteiger partial charge in [-0.25, -0.2) is 0 Å². The van der Waals surface area contributed by atoms with Gasteiger partial charge in [-0.05, 0) is 26.3 Å². The van der Waals surface area contributed by atoms with E-state index < -0.39 is 5.97 Å². The number of likely N-dealkylation sites (tertiary alicyclic amines) is 1. The maximum atomic E-state index is 11.8. The van der Waals surface area contributed by atoms with Gasteiger partial charge in [0, 0.05) is 6.04 Å². The Morgan fingerprint density at radius 3 is 2.89 bits per heavy atom. The molecule has 0 aliphatic carbocycles. The van der Waals surface area contributed by atoms with Gasteiger partial charge < -0.3 is 10.4 Å². The zero-order valence-electron chi connectivity index (χ0n) is 10.7. The van der Waals surface area contributed by atoms with Gasteiger partial charge in [-0.2, -0.15) is 0 Å². The van der Waals surface area contributed by atoms with E-state index in [1.54, 1.807) is 6.92 Å². The lowest BCUT2D eigenvalue weighted by Crippen LogP contribution is -2.52. The highest BCUT2D eigenvalue weighted by Gasteiger charge is 2.31. The molecule has 0 saturated carbocycles. The Balaban J connectivity index is 2.62. The molecule has 0 bridgehead atoms. The fourth-order valence-electron chi connectivity index (χ4n) is 2.39. The van der Waals surface area contributed by atoms with Crippen molar-refractivity contribution in [2.45, 2.75) is 44.7 Å². The highest BCUT2D eigenvalue weighted by atomic mass is 16.4. The summed E-state index contributed by atoms with van der Waals surface area (Å²) in [7, 11) is 0. The molecule has 1 amide bonds. The van der Waals surface area contributed by atoms with Crippen LogP contribution >= 0.6 is 0 Å². The summed E-state index contributed by atoms with van der Waals surface area (Å²) in [6.45, 7) is 2.77. The van der Waals surface area contributed by atoms with E-state index in [4.69, 9.17) is 11.5 Å². The van der Waals surface area contributed by atoms with Crippen LogP contribution in [0, 0.1) is 12.3 Å². The average Bonchev–Trinajstić information content (AvgIpc) is 2.35. The van der Waals surface area contributed by atoms with Gasteiger partial charge in [0.2, 0.25) is 5.91 Å². The largest absolute Gasteiger partial charge is 0.481 e. The second-order valence-electron chi connectivity index (χ2n) is 4.58. The fraction of sp³-hybridized carbons (Fsp3) is 0.692. The van der Waals surface area contributed by atoms with Crippen LogP contribution in [0.5, 0.6) is 0 Å². The number of carboxylic acids is 1. The summed E-state index contributed by atoms with van der Waals surface area (Å²) in [5.41, 5.74) is 0. The molecule has 1 aliphatic rings. The maximum absolute atomic E-state index is 11.8. The number of aliphatic carboxylic acids is 1. The summed E-state index contributed by atoms with van der Waals surface area (Å²) >= 11 is 0. The smallest absolute Gasteiger partial charge is 0.304 e. The third kappa shape index (κ3) is 4.04. The van der Waals surface area contributed by atoms with E-state index in [0.29, 0.717) is 0 Å². The van der Waals surface area contributed by atoms with Crippen LogP contribution < -0.4 is 5.32 Å². The molecular weight excluding hydrogens is 232 g/mol. The highest BCUT2D eigenvalue weighted by Crippen LogP contribution is 2.22. The molecular formula is C13H20N2O3. The number of amides is 1. The van der Waals surface area contributed by atoms with Gasteiger partial charge in [-0.1, -0.05) is 12.3 Å². The topological polar surface area (TPSA) is 69.6 Å². The minimum Gasteiger partial charge on any atom is -0.481 e. The number of piperidine rings is 1. The zero-order valence-corrected chi connectivity index (χ0v) is 10.7. The Labute approximate surface area is 108 Å². The Hall–Kier alpha value is -1.54. The van der Waals surface area contributed by atoms with Crippen molar-refractivity contribution in [3.63, 3.8) is 0 Å². The van der Waals surface area contributed by atoms with E-state index in [2.05, 4.69) is 11.2 Å². The molecule has 100 valence electrons. The molecule has 1 fully saturated rings. The lowest BCUT2D eigenvalue weighted by atomic mass is 9.97. The maximum Gasteiger partial charge on any atom is 0.304 e. The van der Waals surface area contributed by atoms with Crippen molar-refractivity contribution in [1.29, 1.82) is 0 Å². The molecule has 2 N–H and O–H groups in total. The van der Waals surface area contributed by atoms with Crippen LogP contribution in [-0.4, -0.2) is 47.1 Å². The van der Waals surface area contributed by atoms with Crippen molar-refractivity contribution in [2.24, 2.45) is 0 Å². The summed E-state index contributed by atoms with van der Waals surface area (Å²) in [6, 6.07) is -0.383. The van der Waals surface area contributed by atoms with Gasteiger partial charge in [0.05, 0.1) is 19.0 Å². The molecule has 1 heterocycles. The van der Waals surface area contributed by atoms with Gasteiger partial charge in [0.1, 0.15) is 0 Å². The molecule has 2 atom stereocenters. The quantitative estimate of drug-likeness (QED) is 0.697. The first-order valence-corrected chi connectivity index (χ1v) is 6.25. The molecule has 0 aromatic rings. The minimum atomic E-state index is -0.817. The van der Waals surface area contributed by atoms with E-state index in [9.17, 15) is 9.59 Å². The van der Waals surface area contributed by atoms with E-state index in [0.717, 1.165) is 25.8 Å². The summed E-state index contributed by atoms with van der Waals surface area (Å²) in [6.07, 6.45) is 8.04. The van der Waals surface area contributed by atoms with Crippen LogP contribution in [0.4, 0.5) is 0 Å². The SMILES string of the molecule is C#CCNC(=O)C(C)N1CCCCC1CC(=O)O. The van der Waals surface area contributed by atoms with Gasteiger partial charge in [-0.15, -0.1) is 6.42 Å². The number of carbonyl (C=O) groups is 2. The number of hydrogen-bond acceptors (Lipinski definition) is 3. The molecule has 0 radical (unpaired) electrons. The third-order valence-electron chi connectivity index (χ3n) is 3.32. The average molecular weight is 252 g/mol. The second kappa shape index (κ2) is 7.02. The van der Waals surface area contributed by atoms with Crippen LogP contribution in [0.1, 0.15) is 32.6 Å². The van der Waals surface area contributed by atoms with E-state index >= 15 is 0 Å². The van der Waals surface area contributed by atoms with E-state index in [-0.39, 0.29) is 31.0 Å². The summed E-state index contributed by atoms with van der Waals surface area (Å²) in [5.74, 6) is 1.40. The fourth-order valence-corrected chi connectivity index (χ4v) is 2.39. The summed E-state index contributed by atoms with van der Waals surface area (Å²) in [4.78, 5) is 24.6. The van der Waals surface area contributed by atoms with Crippen molar-refractivity contribution in [3.05, 3.63) is 0 Å². The number of terminal acetylenes is 1. The number of carbonyl (C=O) groups excluding carboxylic acids is 1. The highest BCUT2D eigenvalue weighted by molar-refractivity contribution is 5.81. The van der Waals surface area contributed by atoms with Crippen LogP contribution in [0.15, 0.2) is 0 Å². The van der Waals surface area contributed by atoms with Crippen molar-refractivity contribution in [3.8, 4) is 12.3 Å². The van der Waals surface area contributed by atoms with Crippen molar-refractivity contribution < 1.29 is 14.7 Å². The van der Waals surface area contributed by atoms with Crippen molar-refractivity contribution in [1.82, 2.24) is 10.2 Å². The molecule has 2 unspecified atom stereocenters. The first-order valence-electron chi connectivity index (χ1n) is 6.25. The number of carboxylic acid groups (broad SMARTS) is 1. The van der Waals surface area contributed by atoms with E-state index in [1.165, 1.54) is 0 Å². The zero-order chi connectivity index (χ0) is 13.5. The minimum absolute atomic E-state index is 0.0529. The number of nitrogens with zero attached hydrogens (tertiary/aromatic N) is 1. The Morgan fingerprint density at radius 1 is 1.56 bits per heavy atom. The molecule has 1 aliphatic heterocycles. The molecule has 1 rings (SSSR count). The lowest BCUT2D eigenvalue weighted by molar-refractivity contribution is -0.140. The Morgan fingerprint density at radius 2 is 2.28 bits per heavy atom. The molecule has 18 heavy (non-hydrogen) atoms. The van der Waals surface area contributed by atoms with Crippen LogP contribution in [0.2, 0.25) is 0 Å². The van der Waals surface area contributed by atoms with Crippen molar-refractivity contribution >= 4 is 11.9 Å². The Kier molecular flexibility index (Phi) is 5.66. The predicted molar refractivity (Wildman–Crippen MR) is 67.9 cm³/mol. The first-order chi connectivity index (χ1) is 8.56. The van der Waals surface area contributed by atoms with Crippen LogP contribution in [-0.2, 0) is 9.59 Å². The molecule has 5 nitrogen and oxygen atoms in total.